The smallest absolute Gasteiger partial charge is 0.313 e. The number of carbonyl (C=O) groups is 3. The zero-order valence-corrected chi connectivity index (χ0v) is 16.8. The number of allylic oxidation sites excluding steroid dienone is 4. The third-order valence-corrected chi connectivity index (χ3v) is 4.73. The van der Waals surface area contributed by atoms with E-state index >= 15 is 0 Å². The van der Waals surface area contributed by atoms with Crippen molar-refractivity contribution in [2.24, 2.45) is 0 Å². The van der Waals surface area contributed by atoms with Gasteiger partial charge in [0.15, 0.2) is 5.78 Å². The van der Waals surface area contributed by atoms with Gasteiger partial charge >= 0.3 is 11.8 Å². The lowest BCUT2D eigenvalue weighted by Crippen LogP contribution is -2.36. The molecule has 0 spiro atoms. The molecule has 0 saturated carbocycles. The molecule has 2 aromatic carbocycles. The Balaban J connectivity index is 1.47. The van der Waals surface area contributed by atoms with Crippen molar-refractivity contribution < 1.29 is 19.1 Å². The molecule has 0 fully saturated rings. The number of carbonyl (C=O) groups excluding carboxylic acids is 3. The largest absolute Gasteiger partial charge is 0.497 e. The van der Waals surface area contributed by atoms with Gasteiger partial charge in [-0.2, -0.15) is 0 Å². The molecule has 0 atom stereocenters. The van der Waals surface area contributed by atoms with Crippen LogP contribution in [0.1, 0.15) is 28.8 Å². The average Bonchev–Trinajstić information content (AvgIpc) is 2.80. The molecule has 2 amide bonds. The van der Waals surface area contributed by atoms with Gasteiger partial charge < -0.3 is 15.4 Å². The predicted octanol–water partition coefficient (Wildman–Crippen LogP) is 3.45. The van der Waals surface area contributed by atoms with Gasteiger partial charge in [0.25, 0.3) is 0 Å². The van der Waals surface area contributed by atoms with E-state index in [0.717, 1.165) is 24.2 Å². The highest BCUT2D eigenvalue weighted by Gasteiger charge is 2.15. The van der Waals surface area contributed by atoms with Gasteiger partial charge in [-0.05, 0) is 61.2 Å². The zero-order chi connectivity index (χ0) is 21.3. The van der Waals surface area contributed by atoms with Crippen molar-refractivity contribution in [3.63, 3.8) is 0 Å². The molecule has 2 aromatic rings. The maximum absolute atomic E-state index is 12.4. The van der Waals surface area contributed by atoms with Gasteiger partial charge in [-0.25, -0.2) is 0 Å². The maximum atomic E-state index is 12.4. The van der Waals surface area contributed by atoms with Gasteiger partial charge in [0, 0.05) is 23.4 Å². The Hall–Kier alpha value is -3.67. The third-order valence-electron chi connectivity index (χ3n) is 4.73. The predicted molar refractivity (Wildman–Crippen MR) is 116 cm³/mol. The molecule has 0 bridgehead atoms. The van der Waals surface area contributed by atoms with Crippen molar-refractivity contribution in [3.8, 4) is 5.75 Å². The van der Waals surface area contributed by atoms with E-state index in [1.54, 1.807) is 31.4 Å². The van der Waals surface area contributed by atoms with Crippen LogP contribution in [-0.4, -0.2) is 31.3 Å². The fourth-order valence-corrected chi connectivity index (χ4v) is 3.03. The van der Waals surface area contributed by atoms with Crippen LogP contribution >= 0.6 is 0 Å². The minimum Gasteiger partial charge on any atom is -0.497 e. The number of ketones is 1. The van der Waals surface area contributed by atoms with Crippen molar-refractivity contribution in [2.75, 3.05) is 19.0 Å². The SMILES string of the molecule is COc1ccc(CCNC(=O)C(=O)Nc2ccc(C(=O)C3=CCCC=C3)cc2)cc1. The van der Waals surface area contributed by atoms with E-state index in [1.165, 1.54) is 0 Å². The number of rotatable bonds is 7. The first-order valence-electron chi connectivity index (χ1n) is 9.80. The minimum atomic E-state index is -0.748. The molecule has 6 nitrogen and oxygen atoms in total. The van der Waals surface area contributed by atoms with Crippen molar-refractivity contribution >= 4 is 23.3 Å². The zero-order valence-electron chi connectivity index (χ0n) is 16.8. The van der Waals surface area contributed by atoms with Gasteiger partial charge in [0.2, 0.25) is 0 Å². The first-order valence-corrected chi connectivity index (χ1v) is 9.80. The molecule has 3 rings (SSSR count). The molecule has 154 valence electrons. The van der Waals surface area contributed by atoms with E-state index in [9.17, 15) is 14.4 Å². The molecule has 6 heteroatoms. The number of nitrogens with one attached hydrogen (secondary N) is 2. The number of ether oxygens (including phenoxy) is 1. The summed E-state index contributed by atoms with van der Waals surface area (Å²) in [5.74, 6) is -0.746. The second kappa shape index (κ2) is 10.2. The van der Waals surface area contributed by atoms with Gasteiger partial charge in [-0.1, -0.05) is 30.4 Å². The molecule has 0 unspecified atom stereocenters. The summed E-state index contributed by atoms with van der Waals surface area (Å²) >= 11 is 0. The molecule has 1 aliphatic carbocycles. The summed E-state index contributed by atoms with van der Waals surface area (Å²) in [6, 6.07) is 14.0. The monoisotopic (exact) mass is 404 g/mol. The summed E-state index contributed by atoms with van der Waals surface area (Å²) in [7, 11) is 1.60. The summed E-state index contributed by atoms with van der Waals surface area (Å²) in [4.78, 5) is 36.5. The lowest BCUT2D eigenvalue weighted by atomic mass is 9.98. The molecule has 0 aromatic heterocycles. The number of anilines is 1. The molecule has 30 heavy (non-hydrogen) atoms. The van der Waals surface area contributed by atoms with Crippen LogP contribution in [0.5, 0.6) is 5.75 Å². The van der Waals surface area contributed by atoms with Gasteiger partial charge in [-0.3, -0.25) is 14.4 Å². The summed E-state index contributed by atoms with van der Waals surface area (Å²) in [5.41, 5.74) is 2.69. The Morgan fingerprint density at radius 1 is 0.933 bits per heavy atom. The van der Waals surface area contributed by atoms with Crippen LogP contribution < -0.4 is 15.4 Å². The second-order valence-electron chi connectivity index (χ2n) is 6.85. The molecule has 2 N–H and O–H groups in total. The number of Topliss-reactive ketones (excluding diaryl/α,β-unsaturated/α-hetero) is 1. The standard InChI is InChI=1S/C24H24N2O4/c1-30-21-13-7-17(8-14-21)15-16-25-23(28)24(29)26-20-11-9-19(10-12-20)22(27)18-5-3-2-4-6-18/h3,5-14H,2,4,15-16H2,1H3,(H,25,28)(H,26,29). The first-order chi connectivity index (χ1) is 14.6. The lowest BCUT2D eigenvalue weighted by molar-refractivity contribution is -0.136. The van der Waals surface area contributed by atoms with E-state index in [0.29, 0.717) is 29.8 Å². The van der Waals surface area contributed by atoms with Crippen LogP contribution in [0.25, 0.3) is 0 Å². The van der Waals surface area contributed by atoms with Crippen molar-refractivity contribution in [1.29, 1.82) is 0 Å². The highest BCUT2D eigenvalue weighted by Crippen LogP contribution is 2.17. The van der Waals surface area contributed by atoms with Gasteiger partial charge in [0.05, 0.1) is 7.11 Å². The van der Waals surface area contributed by atoms with Crippen LogP contribution in [0.2, 0.25) is 0 Å². The topological polar surface area (TPSA) is 84.5 Å². The number of benzene rings is 2. The summed E-state index contributed by atoms with van der Waals surface area (Å²) in [6.45, 7) is 0.342. The Morgan fingerprint density at radius 3 is 2.30 bits per heavy atom. The fourth-order valence-electron chi connectivity index (χ4n) is 3.03. The third kappa shape index (κ3) is 5.67. The van der Waals surface area contributed by atoms with E-state index in [4.69, 9.17) is 4.74 Å². The number of methoxy groups -OCH3 is 1. The summed E-state index contributed by atoms with van der Waals surface area (Å²) in [5, 5.41) is 5.14. The van der Waals surface area contributed by atoms with Gasteiger partial charge in [0.1, 0.15) is 5.75 Å². The van der Waals surface area contributed by atoms with E-state index in [1.807, 2.05) is 42.5 Å². The molecular formula is C24H24N2O4. The maximum Gasteiger partial charge on any atom is 0.313 e. The molecule has 0 heterocycles. The average molecular weight is 404 g/mol. The molecule has 0 radical (unpaired) electrons. The van der Waals surface area contributed by atoms with Crippen molar-refractivity contribution in [3.05, 3.63) is 83.5 Å². The van der Waals surface area contributed by atoms with E-state index < -0.39 is 11.8 Å². The number of amides is 2. The summed E-state index contributed by atoms with van der Waals surface area (Å²) in [6.07, 6.45) is 8.15. The highest BCUT2D eigenvalue weighted by atomic mass is 16.5. The minimum absolute atomic E-state index is 0.0555. The normalized spacial score (nSPS) is 12.6. The Bertz CT molecular complexity index is 973. The van der Waals surface area contributed by atoms with Crippen molar-refractivity contribution in [2.45, 2.75) is 19.3 Å². The number of hydrogen-bond donors (Lipinski definition) is 2. The molecule has 1 aliphatic rings. The Morgan fingerprint density at radius 2 is 1.67 bits per heavy atom. The fraction of sp³-hybridized carbons (Fsp3) is 0.208. The number of hydrogen-bond acceptors (Lipinski definition) is 4. The molecule has 0 aliphatic heterocycles. The van der Waals surface area contributed by atoms with Gasteiger partial charge in [-0.15, -0.1) is 0 Å². The highest BCUT2D eigenvalue weighted by molar-refractivity contribution is 6.39. The second-order valence-corrected chi connectivity index (χ2v) is 6.85. The van der Waals surface area contributed by atoms with Crippen LogP contribution in [0, 0.1) is 0 Å². The first kappa shape index (κ1) is 21.0. The molecule has 0 saturated heterocycles. The quantitative estimate of drug-likeness (QED) is 0.547. The summed E-state index contributed by atoms with van der Waals surface area (Å²) < 4.78 is 5.10. The van der Waals surface area contributed by atoms with Crippen LogP contribution in [0.4, 0.5) is 5.69 Å². The van der Waals surface area contributed by atoms with E-state index in [2.05, 4.69) is 10.6 Å². The Kier molecular flexibility index (Phi) is 7.16. The van der Waals surface area contributed by atoms with Crippen LogP contribution in [-0.2, 0) is 16.0 Å². The lowest BCUT2D eigenvalue weighted by Gasteiger charge is -2.09. The molecular weight excluding hydrogens is 380 g/mol. The van der Waals surface area contributed by atoms with Crippen molar-refractivity contribution in [1.82, 2.24) is 5.32 Å². The van der Waals surface area contributed by atoms with E-state index in [-0.39, 0.29) is 5.78 Å². The Labute approximate surface area is 175 Å². The van der Waals surface area contributed by atoms with Crippen LogP contribution in [0.3, 0.4) is 0 Å². The van der Waals surface area contributed by atoms with Crippen LogP contribution in [0.15, 0.2) is 72.3 Å².